The Balaban J connectivity index is 1.89. The highest BCUT2D eigenvalue weighted by Gasteiger charge is 2.19. The molecule has 0 saturated heterocycles. The summed E-state index contributed by atoms with van der Waals surface area (Å²) < 4.78 is 6.82. The van der Waals surface area contributed by atoms with Gasteiger partial charge in [0, 0.05) is 18.0 Å². The molecule has 0 aliphatic heterocycles. The van der Waals surface area contributed by atoms with Crippen LogP contribution in [0.3, 0.4) is 0 Å². The van der Waals surface area contributed by atoms with Crippen LogP contribution in [0.5, 0.6) is 0 Å². The first-order valence-electron chi connectivity index (χ1n) is 6.92. The zero-order valence-corrected chi connectivity index (χ0v) is 12.1. The number of aromatic amines is 1. The maximum Gasteiger partial charge on any atom is 0.361 e. The van der Waals surface area contributed by atoms with Gasteiger partial charge in [-0.1, -0.05) is 18.2 Å². The van der Waals surface area contributed by atoms with Gasteiger partial charge in [-0.2, -0.15) is 15.4 Å². The monoisotopic (exact) mass is 297 g/mol. The first-order chi connectivity index (χ1) is 10.8. The molecule has 0 saturated carbocycles. The molecule has 2 heterocycles. The molecule has 2 aromatic heterocycles. The van der Waals surface area contributed by atoms with Crippen molar-refractivity contribution in [2.24, 2.45) is 0 Å². The molecule has 0 fully saturated rings. The minimum Gasteiger partial charge on any atom is -0.461 e. The van der Waals surface area contributed by atoms with Crippen molar-refractivity contribution >= 4 is 5.97 Å². The Morgan fingerprint density at radius 1 is 1.32 bits per heavy atom. The van der Waals surface area contributed by atoms with Gasteiger partial charge in [-0.25, -0.2) is 4.79 Å². The molecule has 22 heavy (non-hydrogen) atoms. The number of H-pyrrole nitrogens is 1. The van der Waals surface area contributed by atoms with E-state index >= 15 is 0 Å². The standard InChI is InChI=1S/C15H15N5O2/c1-2-22-15(21)14-13(17-19-18-14)12-6-3-5-11(9-12)10-20-8-4-7-16-20/h3-9H,2,10H2,1H3,(H,17,18,19). The number of ether oxygens (including phenoxy) is 1. The van der Waals surface area contributed by atoms with Gasteiger partial charge in [-0.3, -0.25) is 4.68 Å². The maximum atomic E-state index is 11.9. The summed E-state index contributed by atoms with van der Waals surface area (Å²) in [4.78, 5) is 11.9. The Morgan fingerprint density at radius 2 is 2.23 bits per heavy atom. The van der Waals surface area contributed by atoms with Gasteiger partial charge >= 0.3 is 5.97 Å². The predicted molar refractivity (Wildman–Crippen MR) is 79.1 cm³/mol. The molecule has 3 aromatic rings. The number of hydrogen-bond acceptors (Lipinski definition) is 5. The molecule has 0 radical (unpaired) electrons. The SMILES string of the molecule is CCOC(=O)c1n[nH]nc1-c1cccc(Cn2cccn2)c1. The molecule has 0 aliphatic carbocycles. The molecule has 0 amide bonds. The second kappa shape index (κ2) is 6.21. The number of aromatic nitrogens is 5. The lowest BCUT2D eigenvalue weighted by Crippen LogP contribution is -2.07. The first kappa shape index (κ1) is 14.0. The van der Waals surface area contributed by atoms with Crippen LogP contribution >= 0.6 is 0 Å². The Kier molecular flexibility index (Phi) is 3.95. The highest BCUT2D eigenvalue weighted by atomic mass is 16.5. The van der Waals surface area contributed by atoms with Crippen molar-refractivity contribution in [2.45, 2.75) is 13.5 Å². The number of carbonyl (C=O) groups is 1. The van der Waals surface area contributed by atoms with Gasteiger partial charge in [0.15, 0.2) is 5.69 Å². The van der Waals surface area contributed by atoms with Crippen molar-refractivity contribution in [3.05, 3.63) is 54.0 Å². The third kappa shape index (κ3) is 2.88. The number of nitrogens with one attached hydrogen (secondary N) is 1. The number of nitrogens with zero attached hydrogens (tertiary/aromatic N) is 4. The number of carbonyl (C=O) groups excluding carboxylic acids is 1. The van der Waals surface area contributed by atoms with Crippen LogP contribution in [-0.2, 0) is 11.3 Å². The number of esters is 1. The highest BCUT2D eigenvalue weighted by Crippen LogP contribution is 2.21. The Bertz CT molecular complexity index is 764. The summed E-state index contributed by atoms with van der Waals surface area (Å²) in [5.41, 5.74) is 2.54. The second-order valence-corrected chi connectivity index (χ2v) is 4.65. The fourth-order valence-electron chi connectivity index (χ4n) is 2.17. The van der Waals surface area contributed by atoms with Gasteiger partial charge < -0.3 is 4.74 Å². The lowest BCUT2D eigenvalue weighted by Gasteiger charge is -2.05. The van der Waals surface area contributed by atoms with Gasteiger partial charge in [-0.15, -0.1) is 5.10 Å². The van der Waals surface area contributed by atoms with Crippen LogP contribution in [-0.4, -0.2) is 37.8 Å². The molecule has 0 unspecified atom stereocenters. The summed E-state index contributed by atoms with van der Waals surface area (Å²) >= 11 is 0. The van der Waals surface area contributed by atoms with E-state index in [0.717, 1.165) is 11.1 Å². The van der Waals surface area contributed by atoms with Gasteiger partial charge in [-0.05, 0) is 24.6 Å². The molecule has 3 rings (SSSR count). The van der Waals surface area contributed by atoms with E-state index in [1.165, 1.54) is 0 Å². The van der Waals surface area contributed by atoms with Crippen molar-refractivity contribution in [2.75, 3.05) is 6.61 Å². The molecule has 0 bridgehead atoms. The minimum absolute atomic E-state index is 0.193. The topological polar surface area (TPSA) is 85.7 Å². The summed E-state index contributed by atoms with van der Waals surface area (Å²) in [5.74, 6) is -0.483. The van der Waals surface area contributed by atoms with Crippen LogP contribution in [0.2, 0.25) is 0 Å². The molecule has 7 nitrogen and oxygen atoms in total. The quantitative estimate of drug-likeness (QED) is 0.727. The molecular formula is C15H15N5O2. The van der Waals surface area contributed by atoms with E-state index in [2.05, 4.69) is 20.5 Å². The molecule has 1 aromatic carbocycles. The third-order valence-electron chi connectivity index (χ3n) is 3.12. The normalized spacial score (nSPS) is 10.6. The average molecular weight is 297 g/mol. The molecule has 0 atom stereocenters. The van der Waals surface area contributed by atoms with Crippen LogP contribution in [0.25, 0.3) is 11.3 Å². The Hall–Kier alpha value is -2.96. The van der Waals surface area contributed by atoms with Gasteiger partial charge in [0.1, 0.15) is 5.69 Å². The molecule has 7 heteroatoms. The van der Waals surface area contributed by atoms with Crippen molar-refractivity contribution in [1.29, 1.82) is 0 Å². The van der Waals surface area contributed by atoms with Crippen molar-refractivity contribution in [3.8, 4) is 11.3 Å². The molecule has 1 N–H and O–H groups in total. The van der Waals surface area contributed by atoms with E-state index in [0.29, 0.717) is 18.8 Å². The summed E-state index contributed by atoms with van der Waals surface area (Å²) in [6.07, 6.45) is 3.63. The number of benzene rings is 1. The molecule has 112 valence electrons. The van der Waals surface area contributed by atoms with Crippen LogP contribution in [0.4, 0.5) is 0 Å². The third-order valence-corrected chi connectivity index (χ3v) is 3.12. The average Bonchev–Trinajstić information content (AvgIpc) is 3.19. The zero-order valence-electron chi connectivity index (χ0n) is 12.1. The van der Waals surface area contributed by atoms with Crippen LogP contribution in [0.15, 0.2) is 42.7 Å². The second-order valence-electron chi connectivity index (χ2n) is 4.65. The summed E-state index contributed by atoms with van der Waals surface area (Å²) in [5, 5.41) is 14.6. The molecule has 0 spiro atoms. The van der Waals surface area contributed by atoms with Crippen molar-refractivity contribution in [3.63, 3.8) is 0 Å². The number of hydrogen-bond donors (Lipinski definition) is 1. The van der Waals surface area contributed by atoms with Crippen molar-refractivity contribution in [1.82, 2.24) is 25.2 Å². The van der Waals surface area contributed by atoms with E-state index in [-0.39, 0.29) is 5.69 Å². The van der Waals surface area contributed by atoms with E-state index < -0.39 is 5.97 Å². The lowest BCUT2D eigenvalue weighted by molar-refractivity contribution is 0.0520. The van der Waals surface area contributed by atoms with E-state index in [4.69, 9.17) is 4.74 Å². The summed E-state index contributed by atoms with van der Waals surface area (Å²) in [7, 11) is 0. The fourth-order valence-corrected chi connectivity index (χ4v) is 2.17. The predicted octanol–water partition coefficient (Wildman–Crippen LogP) is 1.89. The molecule has 0 aliphatic rings. The lowest BCUT2D eigenvalue weighted by atomic mass is 10.1. The van der Waals surface area contributed by atoms with Crippen molar-refractivity contribution < 1.29 is 9.53 Å². The summed E-state index contributed by atoms with van der Waals surface area (Å²) in [6, 6.07) is 9.63. The van der Waals surface area contributed by atoms with Crippen LogP contribution < -0.4 is 0 Å². The van der Waals surface area contributed by atoms with E-state index in [9.17, 15) is 4.79 Å². The zero-order chi connectivity index (χ0) is 15.4. The van der Waals surface area contributed by atoms with Gasteiger partial charge in [0.2, 0.25) is 0 Å². The fraction of sp³-hybridized carbons (Fsp3) is 0.200. The van der Waals surface area contributed by atoms with Crippen LogP contribution in [0.1, 0.15) is 23.0 Å². The highest BCUT2D eigenvalue weighted by molar-refractivity contribution is 5.93. The van der Waals surface area contributed by atoms with E-state index in [1.807, 2.05) is 41.2 Å². The smallest absolute Gasteiger partial charge is 0.361 e. The van der Waals surface area contributed by atoms with E-state index in [1.54, 1.807) is 13.1 Å². The largest absolute Gasteiger partial charge is 0.461 e. The number of rotatable bonds is 5. The summed E-state index contributed by atoms with van der Waals surface area (Å²) in [6.45, 7) is 2.69. The Morgan fingerprint density at radius 3 is 3.00 bits per heavy atom. The Labute approximate surface area is 126 Å². The first-order valence-corrected chi connectivity index (χ1v) is 6.92. The van der Waals surface area contributed by atoms with Crippen LogP contribution in [0, 0.1) is 0 Å². The maximum absolute atomic E-state index is 11.9. The molecular weight excluding hydrogens is 282 g/mol. The van der Waals surface area contributed by atoms with Gasteiger partial charge in [0.05, 0.1) is 13.2 Å². The minimum atomic E-state index is -0.483. The van der Waals surface area contributed by atoms with Gasteiger partial charge in [0.25, 0.3) is 0 Å².